The van der Waals surface area contributed by atoms with Gasteiger partial charge in [0.2, 0.25) is 11.2 Å². The van der Waals surface area contributed by atoms with E-state index in [1.165, 1.54) is 6.20 Å². The fourth-order valence-corrected chi connectivity index (χ4v) is 3.12. The Morgan fingerprint density at radius 2 is 2.32 bits per heavy atom. The number of carbonyl (C=O) groups is 1. The first-order valence-electron chi connectivity index (χ1n) is 6.31. The summed E-state index contributed by atoms with van der Waals surface area (Å²) in [6, 6.07) is 3.94. The normalized spacial score (nSPS) is 30.5. The average molecular weight is 277 g/mol. The molecule has 0 N–H and O–H groups in total. The monoisotopic (exact) mass is 276 g/mol. The van der Waals surface area contributed by atoms with E-state index in [9.17, 15) is 10.1 Å². The van der Waals surface area contributed by atoms with Crippen LogP contribution in [-0.4, -0.2) is 22.4 Å². The number of halogens is 1. The lowest BCUT2D eigenvalue weighted by Gasteiger charge is -2.22. The van der Waals surface area contributed by atoms with E-state index in [-0.39, 0.29) is 23.0 Å². The highest BCUT2D eigenvalue weighted by Crippen LogP contribution is 2.54. The van der Waals surface area contributed by atoms with Crippen LogP contribution in [0.3, 0.4) is 0 Å². The summed E-state index contributed by atoms with van der Waals surface area (Å²) in [5.41, 5.74) is -0.878. The maximum Gasteiger partial charge on any atom is 0.249 e. The highest BCUT2D eigenvalue weighted by atomic mass is 35.5. The fourth-order valence-electron chi connectivity index (χ4n) is 2.97. The molecule has 5 nitrogen and oxygen atoms in total. The molecule has 19 heavy (non-hydrogen) atoms. The van der Waals surface area contributed by atoms with E-state index in [0.29, 0.717) is 12.4 Å². The van der Waals surface area contributed by atoms with E-state index in [4.69, 9.17) is 11.6 Å². The van der Waals surface area contributed by atoms with E-state index in [1.807, 2.05) is 6.92 Å². The van der Waals surface area contributed by atoms with Crippen LogP contribution in [-0.2, 0) is 4.79 Å². The molecule has 0 aromatic carbocycles. The molecule has 1 aliphatic heterocycles. The van der Waals surface area contributed by atoms with Crippen LogP contribution in [0.15, 0.2) is 12.3 Å². The van der Waals surface area contributed by atoms with Gasteiger partial charge < -0.3 is 0 Å². The van der Waals surface area contributed by atoms with Crippen molar-refractivity contribution in [3.8, 4) is 6.07 Å². The lowest BCUT2D eigenvalue weighted by atomic mass is 9.75. The lowest BCUT2D eigenvalue weighted by Crippen LogP contribution is -2.37. The Balaban J connectivity index is 1.99. The van der Waals surface area contributed by atoms with Crippen molar-refractivity contribution in [1.29, 1.82) is 5.26 Å². The minimum Gasteiger partial charge on any atom is -0.295 e. The third-order valence-corrected chi connectivity index (χ3v) is 4.31. The predicted octanol–water partition coefficient (Wildman–Crippen LogP) is 2.03. The quantitative estimate of drug-likeness (QED) is 0.775. The third kappa shape index (κ3) is 1.71. The third-order valence-electron chi connectivity index (χ3n) is 4.13. The largest absolute Gasteiger partial charge is 0.295 e. The molecule has 98 valence electrons. The first-order valence-corrected chi connectivity index (χ1v) is 6.69. The number of rotatable bonds is 2. The summed E-state index contributed by atoms with van der Waals surface area (Å²) >= 11 is 5.76. The Hall–Kier alpha value is -1.67. The second-order valence-electron chi connectivity index (χ2n) is 5.26. The average Bonchev–Trinajstić information content (AvgIpc) is 3.18. The summed E-state index contributed by atoms with van der Waals surface area (Å²) in [5, 5.41) is 9.64. The zero-order valence-electron chi connectivity index (χ0n) is 10.5. The predicted molar refractivity (Wildman–Crippen MR) is 69.3 cm³/mol. The molecule has 0 bridgehead atoms. The van der Waals surface area contributed by atoms with Gasteiger partial charge in [0.05, 0.1) is 6.07 Å². The van der Waals surface area contributed by atoms with Gasteiger partial charge >= 0.3 is 0 Å². The molecule has 2 aliphatic rings. The van der Waals surface area contributed by atoms with Crippen LogP contribution in [0.5, 0.6) is 0 Å². The number of carbonyl (C=O) groups excluding carboxylic acids is 1. The molecule has 3 rings (SSSR count). The molecule has 1 saturated carbocycles. The van der Waals surface area contributed by atoms with E-state index < -0.39 is 5.41 Å². The number of amides is 1. The minimum atomic E-state index is -0.878. The molecular weight excluding hydrogens is 264 g/mol. The van der Waals surface area contributed by atoms with E-state index in [0.717, 1.165) is 12.8 Å². The van der Waals surface area contributed by atoms with Gasteiger partial charge in [-0.15, -0.1) is 0 Å². The lowest BCUT2D eigenvalue weighted by molar-refractivity contribution is -0.124. The first-order chi connectivity index (χ1) is 9.09. The number of hydrogen-bond acceptors (Lipinski definition) is 4. The summed E-state index contributed by atoms with van der Waals surface area (Å²) < 4.78 is 0. The van der Waals surface area contributed by atoms with E-state index in [1.54, 1.807) is 11.0 Å². The zero-order chi connectivity index (χ0) is 13.6. The Kier molecular flexibility index (Phi) is 2.72. The van der Waals surface area contributed by atoms with Crippen LogP contribution in [0.25, 0.3) is 0 Å². The van der Waals surface area contributed by atoms with Gasteiger partial charge in [0.25, 0.3) is 0 Å². The van der Waals surface area contributed by atoms with E-state index >= 15 is 0 Å². The maximum atomic E-state index is 12.7. The van der Waals surface area contributed by atoms with Crippen molar-refractivity contribution >= 4 is 23.3 Å². The van der Waals surface area contributed by atoms with Gasteiger partial charge in [-0.3, -0.25) is 9.69 Å². The van der Waals surface area contributed by atoms with Gasteiger partial charge in [-0.2, -0.15) is 5.26 Å². The topological polar surface area (TPSA) is 69.9 Å². The molecular formula is C13H13ClN4O. The molecule has 2 fully saturated rings. The molecule has 1 saturated heterocycles. The molecule has 1 aromatic rings. The molecule has 1 aliphatic carbocycles. The Bertz CT molecular complexity index is 580. The molecule has 1 amide bonds. The van der Waals surface area contributed by atoms with Crippen molar-refractivity contribution in [3.63, 3.8) is 0 Å². The van der Waals surface area contributed by atoms with E-state index in [2.05, 4.69) is 16.0 Å². The van der Waals surface area contributed by atoms with Crippen molar-refractivity contribution < 1.29 is 4.79 Å². The highest BCUT2D eigenvalue weighted by molar-refractivity contribution is 6.28. The van der Waals surface area contributed by atoms with Crippen LogP contribution in [0.1, 0.15) is 19.8 Å². The Morgan fingerprint density at radius 1 is 1.58 bits per heavy atom. The van der Waals surface area contributed by atoms with Gasteiger partial charge in [0.15, 0.2) is 0 Å². The summed E-state index contributed by atoms with van der Waals surface area (Å²) in [7, 11) is 0. The summed E-state index contributed by atoms with van der Waals surface area (Å²) in [6.45, 7) is 2.47. The van der Waals surface area contributed by atoms with Gasteiger partial charge in [0, 0.05) is 18.7 Å². The van der Waals surface area contributed by atoms with Crippen molar-refractivity contribution in [2.24, 2.45) is 17.3 Å². The molecule has 2 heterocycles. The molecule has 0 unspecified atom stereocenters. The zero-order valence-corrected chi connectivity index (χ0v) is 11.3. The molecule has 1 aromatic heterocycles. The minimum absolute atomic E-state index is 0.00578. The smallest absolute Gasteiger partial charge is 0.249 e. The first kappa shape index (κ1) is 12.4. The maximum absolute atomic E-state index is 12.7. The van der Waals surface area contributed by atoms with Gasteiger partial charge in [-0.25, -0.2) is 9.97 Å². The van der Waals surface area contributed by atoms with Crippen molar-refractivity contribution in [2.75, 3.05) is 11.4 Å². The van der Waals surface area contributed by atoms with Crippen LogP contribution in [0.2, 0.25) is 5.28 Å². The van der Waals surface area contributed by atoms with Crippen LogP contribution >= 0.6 is 11.6 Å². The SMILES string of the molecule is C[C@@H]1CN(c2ccnc(Cl)n2)C(=O)[C@]1(C#N)C1CC1. The standard InChI is InChI=1S/C13H13ClN4O/c1-8-6-18(10-4-5-16-12(14)17-10)11(19)13(8,7-15)9-2-3-9/h4-5,8-9H,2-3,6H2,1H3/t8-,13+/m1/s1. The summed E-state index contributed by atoms with van der Waals surface area (Å²) in [6.07, 6.45) is 3.44. The Morgan fingerprint density at radius 3 is 2.89 bits per heavy atom. The van der Waals surface area contributed by atoms with Gasteiger partial charge in [0.1, 0.15) is 11.2 Å². The van der Waals surface area contributed by atoms with Gasteiger partial charge in [-0.1, -0.05) is 6.92 Å². The second kappa shape index (κ2) is 4.17. The number of nitriles is 1. The van der Waals surface area contributed by atoms with Crippen molar-refractivity contribution in [2.45, 2.75) is 19.8 Å². The van der Waals surface area contributed by atoms with Crippen molar-refractivity contribution in [1.82, 2.24) is 9.97 Å². The summed E-state index contributed by atoms with van der Waals surface area (Å²) in [4.78, 5) is 22.1. The van der Waals surface area contributed by atoms with Gasteiger partial charge in [-0.05, 0) is 36.4 Å². The van der Waals surface area contributed by atoms with Crippen molar-refractivity contribution in [3.05, 3.63) is 17.5 Å². The molecule has 0 spiro atoms. The molecule has 0 radical (unpaired) electrons. The number of anilines is 1. The molecule has 2 atom stereocenters. The number of hydrogen-bond donors (Lipinski definition) is 0. The second-order valence-corrected chi connectivity index (χ2v) is 5.59. The Labute approximate surface area is 116 Å². The molecule has 6 heteroatoms. The van der Waals surface area contributed by atoms with Crippen LogP contribution in [0.4, 0.5) is 5.82 Å². The number of aromatic nitrogens is 2. The van der Waals surface area contributed by atoms with Crippen LogP contribution in [0, 0.1) is 28.6 Å². The summed E-state index contributed by atoms with van der Waals surface area (Å²) in [5.74, 6) is 0.544. The fraction of sp³-hybridized carbons (Fsp3) is 0.538. The van der Waals surface area contributed by atoms with Crippen LogP contribution < -0.4 is 4.90 Å². The number of nitrogens with zero attached hydrogens (tertiary/aromatic N) is 4. The highest BCUT2D eigenvalue weighted by Gasteiger charge is 2.61.